The monoisotopic (exact) mass is 917 g/mol. The first-order chi connectivity index (χ1) is 32.6. The number of carbonyl (C=O) groups excluding carboxylic acids is 2. The molecule has 1 atom stereocenters. The van der Waals surface area contributed by atoms with Crippen LogP contribution >= 0.6 is 0 Å². The van der Waals surface area contributed by atoms with Gasteiger partial charge in [0.25, 0.3) is 0 Å². The van der Waals surface area contributed by atoms with Crippen LogP contribution < -0.4 is 0 Å². The van der Waals surface area contributed by atoms with Gasteiger partial charge in [-0.3, -0.25) is 9.59 Å². The van der Waals surface area contributed by atoms with Gasteiger partial charge in [0, 0.05) is 19.4 Å². The van der Waals surface area contributed by atoms with E-state index in [4.69, 9.17) is 14.2 Å². The Kier molecular flexibility index (Phi) is 53.4. The van der Waals surface area contributed by atoms with E-state index in [1.54, 1.807) is 0 Å². The molecule has 5 nitrogen and oxygen atoms in total. The van der Waals surface area contributed by atoms with Gasteiger partial charge >= 0.3 is 11.9 Å². The molecule has 0 saturated heterocycles. The van der Waals surface area contributed by atoms with Crippen molar-refractivity contribution < 1.29 is 23.8 Å². The molecule has 0 aromatic heterocycles. The summed E-state index contributed by atoms with van der Waals surface area (Å²) in [6.07, 6.45) is 75.7. The number of ether oxygens (including phenoxy) is 3. The molecule has 0 unspecified atom stereocenters. The molecule has 0 saturated carbocycles. The molecule has 0 bridgehead atoms. The molecule has 66 heavy (non-hydrogen) atoms. The van der Waals surface area contributed by atoms with E-state index in [9.17, 15) is 9.59 Å². The van der Waals surface area contributed by atoms with E-state index in [0.717, 1.165) is 103 Å². The first-order valence-corrected chi connectivity index (χ1v) is 27.8. The van der Waals surface area contributed by atoms with Crippen LogP contribution in [0.1, 0.15) is 252 Å². The number of esters is 2. The fourth-order valence-corrected chi connectivity index (χ4v) is 7.48. The summed E-state index contributed by atoms with van der Waals surface area (Å²) in [6.45, 7) is 7.62. The summed E-state index contributed by atoms with van der Waals surface area (Å²) in [7, 11) is 0. The van der Waals surface area contributed by atoms with E-state index in [2.05, 4.69) is 118 Å². The maximum absolute atomic E-state index is 12.8. The third-order valence-electron chi connectivity index (χ3n) is 11.6. The smallest absolute Gasteiger partial charge is 0.306 e. The standard InChI is InChI=1S/C61H104O5/c1-4-7-10-13-16-19-22-25-28-30-31-32-34-36-39-42-45-48-51-54-60(62)65-58-59(57-64-56-53-50-47-44-41-38-35-29-26-23-20-17-14-11-8-5-2)66-61(63)55-52-49-46-43-40-37-33-27-24-21-18-15-12-9-6-3/h9,12,16,18-19,21,25,27-28,31-33,36,39-40,43,59H,4-8,10-11,13-15,17,20,22-24,26,29-30,34-35,37-38,41-42,44-58H2,1-3H3/b12-9-,19-16-,21-18-,28-25-,32-31-,33-27-,39-36-,43-40-/t59-/m1/s1. The normalized spacial score (nSPS) is 13.0. The highest BCUT2D eigenvalue weighted by atomic mass is 16.6. The van der Waals surface area contributed by atoms with Gasteiger partial charge in [0.15, 0.2) is 6.10 Å². The summed E-state index contributed by atoms with van der Waals surface area (Å²) in [4.78, 5) is 25.5. The van der Waals surface area contributed by atoms with E-state index in [0.29, 0.717) is 19.4 Å². The van der Waals surface area contributed by atoms with E-state index in [-0.39, 0.29) is 25.2 Å². The highest BCUT2D eigenvalue weighted by Gasteiger charge is 2.17. The van der Waals surface area contributed by atoms with Crippen molar-refractivity contribution in [2.24, 2.45) is 0 Å². The van der Waals surface area contributed by atoms with Crippen LogP contribution in [0.25, 0.3) is 0 Å². The maximum atomic E-state index is 12.8. The van der Waals surface area contributed by atoms with Crippen molar-refractivity contribution in [3.05, 3.63) is 97.2 Å². The lowest BCUT2D eigenvalue weighted by atomic mass is 10.0. The van der Waals surface area contributed by atoms with Crippen molar-refractivity contribution in [1.29, 1.82) is 0 Å². The number of allylic oxidation sites excluding steroid dienone is 16. The van der Waals surface area contributed by atoms with Crippen LogP contribution in [0.5, 0.6) is 0 Å². The molecular formula is C61H104O5. The number of rotatable bonds is 50. The summed E-state index contributed by atoms with van der Waals surface area (Å²) in [5.74, 6) is -0.478. The SMILES string of the molecule is CC/C=C\C/C=C\C/C=C\C/C=C\CCCCC(=O)O[C@H](COCCCCCCCCCCCCCCCCCC)COC(=O)CCCCC/C=C\C/C=C\C/C=C\C/C=C\CCCCC. The summed E-state index contributed by atoms with van der Waals surface area (Å²) in [6, 6.07) is 0. The van der Waals surface area contributed by atoms with Crippen molar-refractivity contribution in [1.82, 2.24) is 0 Å². The molecular weight excluding hydrogens is 813 g/mol. The Bertz CT molecular complexity index is 1270. The van der Waals surface area contributed by atoms with Crippen LogP contribution in [0, 0.1) is 0 Å². The highest BCUT2D eigenvalue weighted by Crippen LogP contribution is 2.15. The second-order valence-electron chi connectivity index (χ2n) is 18.1. The minimum Gasteiger partial charge on any atom is -0.462 e. The Labute approximate surface area is 409 Å². The second kappa shape index (κ2) is 56.1. The number of hydrogen-bond acceptors (Lipinski definition) is 5. The van der Waals surface area contributed by atoms with Crippen LogP contribution in [0.4, 0.5) is 0 Å². The zero-order valence-corrected chi connectivity index (χ0v) is 43.4. The van der Waals surface area contributed by atoms with Crippen LogP contribution in [-0.4, -0.2) is 37.9 Å². The number of unbranched alkanes of at least 4 members (excludes halogenated alkanes) is 23. The Morgan fingerprint density at radius 2 is 0.682 bits per heavy atom. The van der Waals surface area contributed by atoms with Gasteiger partial charge in [-0.15, -0.1) is 0 Å². The molecule has 378 valence electrons. The Morgan fingerprint density at radius 1 is 0.348 bits per heavy atom. The van der Waals surface area contributed by atoms with Gasteiger partial charge in [-0.25, -0.2) is 0 Å². The van der Waals surface area contributed by atoms with Crippen LogP contribution in [0.3, 0.4) is 0 Å². The average molecular weight is 917 g/mol. The number of carbonyl (C=O) groups is 2. The van der Waals surface area contributed by atoms with Crippen LogP contribution in [0.15, 0.2) is 97.2 Å². The van der Waals surface area contributed by atoms with Gasteiger partial charge in [0.2, 0.25) is 0 Å². The van der Waals surface area contributed by atoms with E-state index < -0.39 is 6.10 Å². The lowest BCUT2D eigenvalue weighted by Gasteiger charge is -2.18. The molecule has 0 rings (SSSR count). The fraction of sp³-hybridized carbons (Fsp3) is 0.705. The lowest BCUT2D eigenvalue weighted by Crippen LogP contribution is -2.30. The van der Waals surface area contributed by atoms with Crippen molar-refractivity contribution in [3.8, 4) is 0 Å². The molecule has 0 amide bonds. The molecule has 0 aliphatic carbocycles. The van der Waals surface area contributed by atoms with Crippen molar-refractivity contribution in [2.45, 2.75) is 258 Å². The Hall–Kier alpha value is -3.18. The fourth-order valence-electron chi connectivity index (χ4n) is 7.48. The largest absolute Gasteiger partial charge is 0.462 e. The maximum Gasteiger partial charge on any atom is 0.306 e. The molecule has 0 fully saturated rings. The summed E-state index contributed by atoms with van der Waals surface area (Å²) in [5, 5.41) is 0. The Balaban J connectivity index is 4.39. The minimum absolute atomic E-state index is 0.0493. The topological polar surface area (TPSA) is 61.8 Å². The van der Waals surface area contributed by atoms with E-state index >= 15 is 0 Å². The molecule has 0 aromatic carbocycles. The van der Waals surface area contributed by atoms with Crippen molar-refractivity contribution in [3.63, 3.8) is 0 Å². The van der Waals surface area contributed by atoms with E-state index in [1.807, 2.05) is 0 Å². The van der Waals surface area contributed by atoms with Gasteiger partial charge in [-0.1, -0.05) is 234 Å². The summed E-state index contributed by atoms with van der Waals surface area (Å²) in [5.41, 5.74) is 0. The van der Waals surface area contributed by atoms with Crippen LogP contribution in [0.2, 0.25) is 0 Å². The molecule has 0 spiro atoms. The second-order valence-corrected chi connectivity index (χ2v) is 18.1. The van der Waals surface area contributed by atoms with E-state index in [1.165, 1.54) is 116 Å². The number of hydrogen-bond donors (Lipinski definition) is 0. The predicted octanol–water partition coefficient (Wildman–Crippen LogP) is 19.0. The minimum atomic E-state index is -0.575. The summed E-state index contributed by atoms with van der Waals surface area (Å²) >= 11 is 0. The molecule has 0 N–H and O–H groups in total. The molecule has 0 aliphatic rings. The first-order valence-electron chi connectivity index (χ1n) is 27.8. The third-order valence-corrected chi connectivity index (χ3v) is 11.6. The Morgan fingerprint density at radius 3 is 1.14 bits per heavy atom. The first kappa shape index (κ1) is 62.8. The average Bonchev–Trinajstić information content (AvgIpc) is 3.32. The molecule has 0 heterocycles. The summed E-state index contributed by atoms with van der Waals surface area (Å²) < 4.78 is 17.4. The van der Waals surface area contributed by atoms with Crippen LogP contribution in [-0.2, 0) is 23.8 Å². The van der Waals surface area contributed by atoms with Crippen molar-refractivity contribution >= 4 is 11.9 Å². The van der Waals surface area contributed by atoms with Gasteiger partial charge in [0.1, 0.15) is 6.61 Å². The quantitative estimate of drug-likeness (QED) is 0.0346. The molecule has 5 heteroatoms. The molecule has 0 aromatic rings. The predicted molar refractivity (Wildman–Crippen MR) is 288 cm³/mol. The van der Waals surface area contributed by atoms with Gasteiger partial charge < -0.3 is 14.2 Å². The zero-order valence-electron chi connectivity index (χ0n) is 43.4. The zero-order chi connectivity index (χ0) is 47.7. The molecule has 0 aliphatic heterocycles. The molecule has 0 radical (unpaired) electrons. The lowest BCUT2D eigenvalue weighted by molar-refractivity contribution is -0.163. The van der Waals surface area contributed by atoms with Gasteiger partial charge in [0.05, 0.1) is 6.61 Å². The van der Waals surface area contributed by atoms with Gasteiger partial charge in [-0.05, 0) is 103 Å². The third kappa shape index (κ3) is 53.4. The van der Waals surface area contributed by atoms with Crippen molar-refractivity contribution in [2.75, 3.05) is 19.8 Å². The van der Waals surface area contributed by atoms with Gasteiger partial charge in [-0.2, -0.15) is 0 Å². The highest BCUT2D eigenvalue weighted by molar-refractivity contribution is 5.70.